The van der Waals surface area contributed by atoms with Crippen molar-refractivity contribution in [3.05, 3.63) is 36.1 Å². The first-order chi connectivity index (χ1) is 9.16. The van der Waals surface area contributed by atoms with Gasteiger partial charge in [-0.3, -0.25) is 4.79 Å². The summed E-state index contributed by atoms with van der Waals surface area (Å²) in [5.74, 6) is -1.10. The second kappa shape index (κ2) is 4.42. The minimum absolute atomic E-state index is 0.203. The van der Waals surface area contributed by atoms with E-state index in [0.29, 0.717) is 25.0 Å². The second-order valence-electron chi connectivity index (χ2n) is 4.64. The van der Waals surface area contributed by atoms with E-state index in [9.17, 15) is 9.59 Å². The number of para-hydroxylation sites is 1. The van der Waals surface area contributed by atoms with Crippen LogP contribution in [0, 0.1) is 0 Å². The van der Waals surface area contributed by atoms with Crippen molar-refractivity contribution in [3.63, 3.8) is 0 Å². The summed E-state index contributed by atoms with van der Waals surface area (Å²) in [5.41, 5.74) is 0.636. The van der Waals surface area contributed by atoms with E-state index in [1.54, 1.807) is 12.1 Å². The van der Waals surface area contributed by atoms with E-state index in [-0.39, 0.29) is 11.7 Å². The number of fused-ring (bicyclic) bond motifs is 1. The zero-order valence-corrected chi connectivity index (χ0v) is 10.2. The highest BCUT2D eigenvalue weighted by atomic mass is 16.4. The Morgan fingerprint density at radius 2 is 2.11 bits per heavy atom. The molecule has 1 aliphatic heterocycles. The molecule has 2 heterocycles. The third-order valence-corrected chi connectivity index (χ3v) is 3.44. The van der Waals surface area contributed by atoms with Crippen LogP contribution in [0.3, 0.4) is 0 Å². The number of carbonyl (C=O) groups excluding carboxylic acids is 1. The average Bonchev–Trinajstić information content (AvgIpc) is 3.04. The molecule has 98 valence electrons. The molecule has 0 bridgehead atoms. The van der Waals surface area contributed by atoms with E-state index >= 15 is 0 Å². The lowest BCUT2D eigenvalue weighted by Crippen LogP contribution is -2.40. The summed E-state index contributed by atoms with van der Waals surface area (Å²) < 4.78 is 5.49. The zero-order valence-electron chi connectivity index (χ0n) is 10.2. The first-order valence-electron chi connectivity index (χ1n) is 6.19. The molecule has 0 spiro atoms. The monoisotopic (exact) mass is 259 g/mol. The van der Waals surface area contributed by atoms with Gasteiger partial charge in [0.15, 0.2) is 5.76 Å². The Bertz CT molecular complexity index is 613. The van der Waals surface area contributed by atoms with Crippen molar-refractivity contribution >= 4 is 22.8 Å². The Labute approximate surface area is 109 Å². The molecular formula is C14H13NO4. The van der Waals surface area contributed by atoms with Crippen molar-refractivity contribution in [1.29, 1.82) is 0 Å². The fourth-order valence-corrected chi connectivity index (χ4v) is 2.50. The smallest absolute Gasteiger partial charge is 0.326 e. The molecule has 1 aromatic carbocycles. The van der Waals surface area contributed by atoms with Crippen molar-refractivity contribution in [2.75, 3.05) is 6.54 Å². The third kappa shape index (κ3) is 1.97. The molecule has 1 N–H and O–H groups in total. The van der Waals surface area contributed by atoms with Gasteiger partial charge in [-0.1, -0.05) is 18.2 Å². The van der Waals surface area contributed by atoms with E-state index in [2.05, 4.69) is 0 Å². The van der Waals surface area contributed by atoms with Gasteiger partial charge < -0.3 is 14.4 Å². The lowest BCUT2D eigenvalue weighted by molar-refractivity contribution is -0.141. The molecule has 0 radical (unpaired) electrons. The molecule has 1 aliphatic rings. The van der Waals surface area contributed by atoms with Gasteiger partial charge in [-0.2, -0.15) is 0 Å². The predicted molar refractivity (Wildman–Crippen MR) is 67.9 cm³/mol. The quantitative estimate of drug-likeness (QED) is 0.896. The fraction of sp³-hybridized carbons (Fsp3) is 0.286. The van der Waals surface area contributed by atoms with E-state index in [0.717, 1.165) is 5.39 Å². The number of aliphatic carboxylic acids is 1. The van der Waals surface area contributed by atoms with Crippen LogP contribution in [0.4, 0.5) is 0 Å². The molecule has 3 rings (SSSR count). The van der Waals surface area contributed by atoms with Gasteiger partial charge >= 0.3 is 5.97 Å². The second-order valence-corrected chi connectivity index (χ2v) is 4.64. The van der Waals surface area contributed by atoms with E-state index in [1.807, 2.05) is 18.2 Å². The molecule has 0 aliphatic carbocycles. The Kier molecular flexibility index (Phi) is 2.74. The molecule has 19 heavy (non-hydrogen) atoms. The van der Waals surface area contributed by atoms with Crippen LogP contribution >= 0.6 is 0 Å². The minimum Gasteiger partial charge on any atom is -0.480 e. The number of hydrogen-bond donors (Lipinski definition) is 1. The van der Waals surface area contributed by atoms with Crippen LogP contribution in [0.15, 0.2) is 34.7 Å². The Morgan fingerprint density at radius 1 is 1.32 bits per heavy atom. The van der Waals surface area contributed by atoms with Crippen molar-refractivity contribution < 1.29 is 19.1 Å². The molecule has 1 aromatic heterocycles. The normalized spacial score (nSPS) is 18.9. The first-order valence-corrected chi connectivity index (χ1v) is 6.19. The van der Waals surface area contributed by atoms with Crippen LogP contribution in [0.25, 0.3) is 11.0 Å². The molecule has 1 amide bonds. The van der Waals surface area contributed by atoms with Gasteiger partial charge in [-0.25, -0.2) is 4.79 Å². The van der Waals surface area contributed by atoms with Crippen molar-refractivity contribution in [1.82, 2.24) is 4.90 Å². The highest BCUT2D eigenvalue weighted by Gasteiger charge is 2.35. The summed E-state index contributed by atoms with van der Waals surface area (Å²) in [6, 6.07) is 8.26. The predicted octanol–water partition coefficient (Wildman–Crippen LogP) is 2.12. The van der Waals surface area contributed by atoms with Crippen molar-refractivity contribution in [2.45, 2.75) is 18.9 Å². The fourth-order valence-electron chi connectivity index (χ4n) is 2.50. The maximum absolute atomic E-state index is 12.3. The highest BCUT2D eigenvalue weighted by molar-refractivity contribution is 5.98. The maximum atomic E-state index is 12.3. The number of rotatable bonds is 2. The van der Waals surface area contributed by atoms with Gasteiger partial charge in [0, 0.05) is 11.9 Å². The molecule has 5 nitrogen and oxygen atoms in total. The Balaban J connectivity index is 1.93. The van der Waals surface area contributed by atoms with Gasteiger partial charge in [-0.05, 0) is 25.0 Å². The van der Waals surface area contributed by atoms with Crippen LogP contribution in [0.1, 0.15) is 23.4 Å². The molecule has 0 unspecified atom stereocenters. The SMILES string of the molecule is O=C(O)[C@@H]1CCCN1C(=O)c1cc2ccccc2o1. The number of amides is 1. The van der Waals surface area contributed by atoms with Crippen LogP contribution < -0.4 is 0 Å². The number of benzene rings is 1. The molecule has 1 fully saturated rings. The summed E-state index contributed by atoms with van der Waals surface area (Å²) in [5, 5.41) is 9.94. The maximum Gasteiger partial charge on any atom is 0.326 e. The van der Waals surface area contributed by atoms with Gasteiger partial charge in [0.05, 0.1) is 0 Å². The number of furan rings is 1. The zero-order chi connectivity index (χ0) is 13.4. The summed E-state index contributed by atoms with van der Waals surface area (Å²) in [6.07, 6.45) is 1.21. The number of likely N-dealkylation sites (tertiary alicyclic amines) is 1. The van der Waals surface area contributed by atoms with Crippen LogP contribution in [0.2, 0.25) is 0 Å². The van der Waals surface area contributed by atoms with Gasteiger partial charge in [-0.15, -0.1) is 0 Å². The van der Waals surface area contributed by atoms with E-state index in [1.165, 1.54) is 4.90 Å². The molecule has 5 heteroatoms. The van der Waals surface area contributed by atoms with Gasteiger partial charge in [0.2, 0.25) is 0 Å². The van der Waals surface area contributed by atoms with Crippen LogP contribution in [-0.2, 0) is 4.79 Å². The highest BCUT2D eigenvalue weighted by Crippen LogP contribution is 2.24. The summed E-state index contributed by atoms with van der Waals surface area (Å²) in [4.78, 5) is 24.8. The van der Waals surface area contributed by atoms with Crippen molar-refractivity contribution in [2.24, 2.45) is 0 Å². The van der Waals surface area contributed by atoms with Gasteiger partial charge in [0.1, 0.15) is 11.6 Å². The number of nitrogens with zero attached hydrogens (tertiary/aromatic N) is 1. The minimum atomic E-state index is -0.957. The standard InChI is InChI=1S/C14H13NO4/c16-13(15-7-3-5-10(15)14(17)18)12-8-9-4-1-2-6-11(9)19-12/h1-2,4,6,8,10H,3,5,7H2,(H,17,18)/t10-/m0/s1. The molecular weight excluding hydrogens is 246 g/mol. The number of hydrogen-bond acceptors (Lipinski definition) is 3. The lowest BCUT2D eigenvalue weighted by Gasteiger charge is -2.19. The Morgan fingerprint density at radius 3 is 2.84 bits per heavy atom. The summed E-state index contributed by atoms with van der Waals surface area (Å²) in [7, 11) is 0. The largest absolute Gasteiger partial charge is 0.480 e. The van der Waals surface area contributed by atoms with Crippen LogP contribution in [0.5, 0.6) is 0 Å². The molecule has 0 saturated carbocycles. The van der Waals surface area contributed by atoms with Gasteiger partial charge in [0.25, 0.3) is 5.91 Å². The third-order valence-electron chi connectivity index (χ3n) is 3.44. The average molecular weight is 259 g/mol. The van der Waals surface area contributed by atoms with E-state index < -0.39 is 12.0 Å². The molecule has 2 aromatic rings. The number of carbonyl (C=O) groups is 2. The Hall–Kier alpha value is -2.30. The first kappa shape index (κ1) is 11.8. The number of carboxylic acids is 1. The van der Waals surface area contributed by atoms with Crippen molar-refractivity contribution in [3.8, 4) is 0 Å². The summed E-state index contributed by atoms with van der Waals surface area (Å²) >= 11 is 0. The molecule has 1 atom stereocenters. The van der Waals surface area contributed by atoms with E-state index in [4.69, 9.17) is 9.52 Å². The lowest BCUT2D eigenvalue weighted by atomic mass is 10.2. The van der Waals surface area contributed by atoms with Crippen LogP contribution in [-0.4, -0.2) is 34.5 Å². The number of carboxylic acid groups (broad SMARTS) is 1. The molecule has 1 saturated heterocycles. The summed E-state index contributed by atoms with van der Waals surface area (Å²) in [6.45, 7) is 0.465. The topological polar surface area (TPSA) is 70.8 Å².